The van der Waals surface area contributed by atoms with Crippen LogP contribution in [0.3, 0.4) is 0 Å². The zero-order chi connectivity index (χ0) is 18.8. The van der Waals surface area contributed by atoms with Crippen LogP contribution in [0, 0.1) is 6.92 Å². The molecule has 3 N–H and O–H groups in total. The predicted octanol–water partition coefficient (Wildman–Crippen LogP) is 1.52. The molecule has 0 radical (unpaired) electrons. The number of hydrogen-bond acceptors (Lipinski definition) is 5. The van der Waals surface area contributed by atoms with Gasteiger partial charge in [-0.05, 0) is 37.1 Å². The van der Waals surface area contributed by atoms with E-state index >= 15 is 0 Å². The molecule has 1 unspecified atom stereocenters. The van der Waals surface area contributed by atoms with Crippen molar-refractivity contribution in [3.8, 4) is 0 Å². The van der Waals surface area contributed by atoms with Gasteiger partial charge < -0.3 is 20.5 Å². The molecule has 1 aromatic heterocycles. The highest BCUT2D eigenvalue weighted by atomic mass is 16.5. The van der Waals surface area contributed by atoms with Gasteiger partial charge in [0.1, 0.15) is 0 Å². The van der Waals surface area contributed by atoms with Gasteiger partial charge in [-0.2, -0.15) is 5.10 Å². The van der Waals surface area contributed by atoms with Crippen molar-refractivity contribution in [1.29, 1.82) is 0 Å². The quantitative estimate of drug-likeness (QED) is 0.593. The summed E-state index contributed by atoms with van der Waals surface area (Å²) in [6.07, 6.45) is 3.84. The van der Waals surface area contributed by atoms with Crippen LogP contribution >= 0.6 is 0 Å². The highest BCUT2D eigenvalue weighted by Crippen LogP contribution is 2.18. The van der Waals surface area contributed by atoms with Crippen molar-refractivity contribution in [2.75, 3.05) is 39.5 Å². The highest BCUT2D eigenvalue weighted by Gasteiger charge is 2.10. The van der Waals surface area contributed by atoms with E-state index < -0.39 is 0 Å². The molecule has 7 nitrogen and oxygen atoms in total. The summed E-state index contributed by atoms with van der Waals surface area (Å²) in [4.78, 5) is 12.2. The third kappa shape index (κ3) is 6.25. The summed E-state index contributed by atoms with van der Waals surface area (Å²) < 4.78 is 12.5. The standard InChI is InChI=1S/C19H28N4O3/c1-15-13-22-23(14-15)16(2)17-3-5-18(6-4-17)19(24)21-8-10-26-12-11-25-9-7-20/h3-6,13-14,16H,7-12,20H2,1-2H3,(H,21,24). The number of carbonyl (C=O) groups is 1. The van der Waals surface area contributed by atoms with Crippen LogP contribution in [-0.4, -0.2) is 55.2 Å². The monoisotopic (exact) mass is 360 g/mol. The minimum Gasteiger partial charge on any atom is -0.378 e. The smallest absolute Gasteiger partial charge is 0.251 e. The zero-order valence-electron chi connectivity index (χ0n) is 15.5. The lowest BCUT2D eigenvalue weighted by Gasteiger charge is -2.13. The molecule has 1 aromatic carbocycles. The second-order valence-electron chi connectivity index (χ2n) is 6.06. The molecule has 0 saturated heterocycles. The van der Waals surface area contributed by atoms with Gasteiger partial charge in [0.15, 0.2) is 0 Å². The Morgan fingerprint density at radius 2 is 1.88 bits per heavy atom. The van der Waals surface area contributed by atoms with E-state index in [1.165, 1.54) is 0 Å². The van der Waals surface area contributed by atoms with Gasteiger partial charge in [0.05, 0.1) is 38.7 Å². The molecule has 0 saturated carbocycles. The highest BCUT2D eigenvalue weighted by molar-refractivity contribution is 5.94. The lowest BCUT2D eigenvalue weighted by atomic mass is 10.1. The number of aryl methyl sites for hydroxylation is 1. The van der Waals surface area contributed by atoms with Gasteiger partial charge in [-0.25, -0.2) is 0 Å². The van der Waals surface area contributed by atoms with Crippen LogP contribution in [-0.2, 0) is 9.47 Å². The topological polar surface area (TPSA) is 91.4 Å². The molecule has 0 aliphatic carbocycles. The second kappa shape index (κ2) is 10.7. The van der Waals surface area contributed by atoms with E-state index in [0.29, 0.717) is 45.1 Å². The Hall–Kier alpha value is -2.22. The fraction of sp³-hybridized carbons (Fsp3) is 0.474. The molecular weight excluding hydrogens is 332 g/mol. The lowest BCUT2D eigenvalue weighted by molar-refractivity contribution is 0.0511. The Bertz CT molecular complexity index is 670. The Kier molecular flexibility index (Phi) is 8.27. The Morgan fingerprint density at radius 3 is 2.50 bits per heavy atom. The van der Waals surface area contributed by atoms with Gasteiger partial charge in [-0.15, -0.1) is 0 Å². The molecule has 0 bridgehead atoms. The molecule has 1 amide bonds. The lowest BCUT2D eigenvalue weighted by Crippen LogP contribution is -2.27. The van der Waals surface area contributed by atoms with Gasteiger partial charge in [-0.1, -0.05) is 12.1 Å². The molecule has 142 valence electrons. The SMILES string of the molecule is Cc1cnn(C(C)c2ccc(C(=O)NCCOCCOCCN)cc2)c1. The number of carbonyl (C=O) groups excluding carboxylic acids is 1. The van der Waals surface area contributed by atoms with E-state index in [4.69, 9.17) is 15.2 Å². The maximum Gasteiger partial charge on any atom is 0.251 e. The number of hydrogen-bond donors (Lipinski definition) is 2. The van der Waals surface area contributed by atoms with Crippen molar-refractivity contribution < 1.29 is 14.3 Å². The maximum absolute atomic E-state index is 12.2. The predicted molar refractivity (Wildman–Crippen MR) is 100 cm³/mol. The van der Waals surface area contributed by atoms with E-state index in [9.17, 15) is 4.79 Å². The molecule has 7 heteroatoms. The molecule has 0 aliphatic rings. The molecule has 26 heavy (non-hydrogen) atoms. The Labute approximate surface area is 154 Å². The molecule has 2 aromatic rings. The minimum atomic E-state index is -0.109. The van der Waals surface area contributed by atoms with Gasteiger partial charge in [-0.3, -0.25) is 9.48 Å². The summed E-state index contributed by atoms with van der Waals surface area (Å²) >= 11 is 0. The van der Waals surface area contributed by atoms with Crippen molar-refractivity contribution >= 4 is 5.91 Å². The first-order valence-corrected chi connectivity index (χ1v) is 8.86. The number of rotatable bonds is 11. The van der Waals surface area contributed by atoms with Crippen molar-refractivity contribution in [3.63, 3.8) is 0 Å². The first kappa shape index (κ1) is 20.1. The van der Waals surface area contributed by atoms with Crippen LogP contribution < -0.4 is 11.1 Å². The first-order valence-electron chi connectivity index (χ1n) is 8.86. The van der Waals surface area contributed by atoms with Crippen molar-refractivity contribution in [3.05, 3.63) is 53.3 Å². The summed E-state index contributed by atoms with van der Waals surface area (Å²) in [6, 6.07) is 7.71. The Balaban J connectivity index is 1.73. The average molecular weight is 360 g/mol. The fourth-order valence-corrected chi connectivity index (χ4v) is 2.45. The molecule has 1 heterocycles. The van der Waals surface area contributed by atoms with Crippen LogP contribution in [0.5, 0.6) is 0 Å². The van der Waals surface area contributed by atoms with E-state index in [2.05, 4.69) is 17.3 Å². The average Bonchev–Trinajstić information content (AvgIpc) is 3.09. The van der Waals surface area contributed by atoms with Crippen LogP contribution in [0.1, 0.15) is 34.5 Å². The van der Waals surface area contributed by atoms with Crippen molar-refractivity contribution in [1.82, 2.24) is 15.1 Å². The molecular formula is C19H28N4O3. The van der Waals surface area contributed by atoms with Crippen molar-refractivity contribution in [2.24, 2.45) is 5.73 Å². The number of benzene rings is 1. The van der Waals surface area contributed by atoms with Gasteiger partial charge >= 0.3 is 0 Å². The number of amides is 1. The molecule has 0 fully saturated rings. The second-order valence-corrected chi connectivity index (χ2v) is 6.06. The summed E-state index contributed by atoms with van der Waals surface area (Å²) in [5.41, 5.74) is 8.18. The number of nitrogens with one attached hydrogen (secondary N) is 1. The number of nitrogens with zero attached hydrogens (tertiary/aromatic N) is 2. The zero-order valence-corrected chi connectivity index (χ0v) is 15.5. The number of ether oxygens (including phenoxy) is 2. The third-order valence-corrected chi connectivity index (χ3v) is 3.95. The summed E-state index contributed by atoms with van der Waals surface area (Å²) in [7, 11) is 0. The third-order valence-electron chi connectivity index (χ3n) is 3.95. The van der Waals surface area contributed by atoms with Gasteiger partial charge in [0, 0.05) is 24.8 Å². The van der Waals surface area contributed by atoms with Crippen LogP contribution in [0.2, 0.25) is 0 Å². The normalized spacial score (nSPS) is 12.1. The molecule has 0 spiro atoms. The number of aromatic nitrogens is 2. The fourth-order valence-electron chi connectivity index (χ4n) is 2.45. The summed E-state index contributed by atoms with van der Waals surface area (Å²) in [5.74, 6) is -0.109. The van der Waals surface area contributed by atoms with E-state index in [1.54, 1.807) is 0 Å². The molecule has 1 atom stereocenters. The van der Waals surface area contributed by atoms with Crippen molar-refractivity contribution in [2.45, 2.75) is 19.9 Å². The van der Waals surface area contributed by atoms with E-state index in [1.807, 2.05) is 48.3 Å². The van der Waals surface area contributed by atoms with Crippen LogP contribution in [0.15, 0.2) is 36.7 Å². The van der Waals surface area contributed by atoms with Gasteiger partial charge in [0.2, 0.25) is 0 Å². The Morgan fingerprint density at radius 1 is 1.19 bits per heavy atom. The summed E-state index contributed by atoms with van der Waals surface area (Å²) in [6.45, 7) is 7.06. The van der Waals surface area contributed by atoms with E-state index in [0.717, 1.165) is 11.1 Å². The largest absolute Gasteiger partial charge is 0.378 e. The molecule has 2 rings (SSSR count). The number of nitrogens with two attached hydrogens (primary N) is 1. The summed E-state index contributed by atoms with van der Waals surface area (Å²) in [5, 5.41) is 7.18. The van der Waals surface area contributed by atoms with Crippen LogP contribution in [0.4, 0.5) is 0 Å². The first-order chi connectivity index (χ1) is 12.6. The van der Waals surface area contributed by atoms with Gasteiger partial charge in [0.25, 0.3) is 5.91 Å². The molecule has 0 aliphatic heterocycles. The van der Waals surface area contributed by atoms with Crippen LogP contribution in [0.25, 0.3) is 0 Å². The minimum absolute atomic E-state index is 0.109. The maximum atomic E-state index is 12.2. The van der Waals surface area contributed by atoms with E-state index in [-0.39, 0.29) is 11.9 Å².